The summed E-state index contributed by atoms with van der Waals surface area (Å²) in [4.78, 5) is 11.7. The highest BCUT2D eigenvalue weighted by atomic mass is 16.2. The smallest absolute Gasteiger partial charge is 0.291 e. The van der Waals surface area contributed by atoms with E-state index in [9.17, 15) is 4.79 Å². The molecule has 0 saturated heterocycles. The van der Waals surface area contributed by atoms with E-state index in [1.54, 1.807) is 30.1 Å². The molecule has 2 heterocycles. The lowest BCUT2D eigenvalue weighted by Crippen LogP contribution is -2.21. The second-order valence-electron chi connectivity index (χ2n) is 5.51. The third-order valence-electron chi connectivity index (χ3n) is 2.63. The molecule has 106 valence electrons. The van der Waals surface area contributed by atoms with Crippen LogP contribution in [0.4, 0.5) is 16.4 Å². The molecular formula is C13H18N6O. The van der Waals surface area contributed by atoms with Crippen LogP contribution in [0.2, 0.25) is 0 Å². The molecular weight excluding hydrogens is 256 g/mol. The number of aromatic nitrogens is 4. The Morgan fingerprint density at radius 3 is 2.30 bits per heavy atom. The summed E-state index contributed by atoms with van der Waals surface area (Å²) in [7, 11) is 1.78. The molecule has 7 nitrogen and oxygen atoms in total. The van der Waals surface area contributed by atoms with E-state index in [0.29, 0.717) is 11.6 Å². The summed E-state index contributed by atoms with van der Waals surface area (Å²) in [6.07, 6.45) is 1.74. The van der Waals surface area contributed by atoms with Gasteiger partial charge in [0.15, 0.2) is 11.6 Å². The lowest BCUT2D eigenvalue weighted by Gasteiger charge is -2.16. The molecule has 0 aromatic carbocycles. The maximum atomic E-state index is 11.7. The van der Waals surface area contributed by atoms with Gasteiger partial charge in [0.2, 0.25) is 0 Å². The van der Waals surface area contributed by atoms with Crippen molar-refractivity contribution in [2.75, 3.05) is 10.6 Å². The van der Waals surface area contributed by atoms with Gasteiger partial charge in [-0.3, -0.25) is 15.3 Å². The predicted molar refractivity (Wildman–Crippen MR) is 76.6 cm³/mol. The first-order chi connectivity index (χ1) is 9.34. The van der Waals surface area contributed by atoms with Crippen molar-refractivity contribution < 1.29 is 4.79 Å². The predicted octanol–water partition coefficient (Wildman–Crippen LogP) is 2.15. The first kappa shape index (κ1) is 14.0. The number of nitrogens with zero attached hydrogens (tertiary/aromatic N) is 4. The zero-order chi connectivity index (χ0) is 14.8. The van der Waals surface area contributed by atoms with Crippen molar-refractivity contribution >= 4 is 17.7 Å². The summed E-state index contributed by atoms with van der Waals surface area (Å²) in [5.41, 5.74) is 0.801. The third kappa shape index (κ3) is 3.53. The fourth-order valence-electron chi connectivity index (χ4n) is 1.54. The van der Waals surface area contributed by atoms with Gasteiger partial charge < -0.3 is 0 Å². The van der Waals surface area contributed by atoms with E-state index in [4.69, 9.17) is 0 Å². The Morgan fingerprint density at radius 2 is 1.80 bits per heavy atom. The molecule has 0 saturated carbocycles. The second-order valence-corrected chi connectivity index (χ2v) is 5.51. The summed E-state index contributed by atoms with van der Waals surface area (Å²) in [6, 6.07) is 4.88. The lowest BCUT2D eigenvalue weighted by atomic mass is 9.92. The van der Waals surface area contributed by atoms with Gasteiger partial charge in [0.05, 0.1) is 5.69 Å². The van der Waals surface area contributed by atoms with Gasteiger partial charge in [-0.05, 0) is 12.1 Å². The maximum Gasteiger partial charge on any atom is 0.326 e. The van der Waals surface area contributed by atoms with E-state index in [0.717, 1.165) is 5.69 Å². The molecule has 0 fully saturated rings. The van der Waals surface area contributed by atoms with Crippen molar-refractivity contribution in [3.63, 3.8) is 0 Å². The summed E-state index contributed by atoms with van der Waals surface area (Å²) >= 11 is 0. The average Bonchev–Trinajstić information content (AvgIpc) is 2.74. The zero-order valence-corrected chi connectivity index (χ0v) is 12.0. The second kappa shape index (κ2) is 5.28. The molecule has 0 atom stereocenters. The molecule has 0 aliphatic heterocycles. The molecule has 2 rings (SSSR count). The summed E-state index contributed by atoms with van der Waals surface area (Å²) in [5, 5.41) is 17.3. The van der Waals surface area contributed by atoms with Crippen LogP contribution in [0.1, 0.15) is 26.5 Å². The zero-order valence-electron chi connectivity index (χ0n) is 12.0. The van der Waals surface area contributed by atoms with Crippen molar-refractivity contribution in [3.8, 4) is 0 Å². The summed E-state index contributed by atoms with van der Waals surface area (Å²) < 4.78 is 1.60. The van der Waals surface area contributed by atoms with Gasteiger partial charge in [0.25, 0.3) is 0 Å². The standard InChI is InChI=1S/C13H18N6O/c1-13(2,3)9-5-6-10(17-16-9)14-12(20)15-11-7-8-19(4)18-11/h5-8H,1-4H3,(H2,14,15,17,18,20). The lowest BCUT2D eigenvalue weighted by molar-refractivity contribution is 0.262. The fraction of sp³-hybridized carbons (Fsp3) is 0.385. The highest BCUT2D eigenvalue weighted by Crippen LogP contribution is 2.19. The molecule has 7 heteroatoms. The molecule has 2 aromatic heterocycles. The van der Waals surface area contributed by atoms with E-state index < -0.39 is 6.03 Å². The van der Waals surface area contributed by atoms with Crippen LogP contribution in [0.15, 0.2) is 24.4 Å². The van der Waals surface area contributed by atoms with Crippen molar-refractivity contribution in [1.29, 1.82) is 0 Å². The first-order valence-electron chi connectivity index (χ1n) is 6.26. The topological polar surface area (TPSA) is 84.7 Å². The Kier molecular flexibility index (Phi) is 3.69. The Morgan fingerprint density at radius 1 is 1.10 bits per heavy atom. The number of carbonyl (C=O) groups is 1. The number of rotatable bonds is 2. The van der Waals surface area contributed by atoms with Gasteiger partial charge >= 0.3 is 6.03 Å². The van der Waals surface area contributed by atoms with Crippen LogP contribution < -0.4 is 10.6 Å². The van der Waals surface area contributed by atoms with Crippen LogP contribution in [0.5, 0.6) is 0 Å². The van der Waals surface area contributed by atoms with Crippen LogP contribution in [0.25, 0.3) is 0 Å². The van der Waals surface area contributed by atoms with Gasteiger partial charge in [-0.2, -0.15) is 10.2 Å². The maximum absolute atomic E-state index is 11.7. The molecule has 2 aromatic rings. The van der Waals surface area contributed by atoms with Crippen molar-refractivity contribution in [2.45, 2.75) is 26.2 Å². The highest BCUT2D eigenvalue weighted by Gasteiger charge is 2.16. The average molecular weight is 274 g/mol. The molecule has 2 amide bonds. The quantitative estimate of drug-likeness (QED) is 0.878. The minimum Gasteiger partial charge on any atom is -0.291 e. The van der Waals surface area contributed by atoms with Crippen LogP contribution >= 0.6 is 0 Å². The van der Waals surface area contributed by atoms with E-state index in [-0.39, 0.29) is 5.41 Å². The molecule has 0 aliphatic rings. The number of urea groups is 1. The largest absolute Gasteiger partial charge is 0.326 e. The Balaban J connectivity index is 1.98. The molecule has 0 aliphatic carbocycles. The van der Waals surface area contributed by atoms with Gasteiger partial charge in [-0.15, -0.1) is 5.10 Å². The number of carbonyl (C=O) groups excluding carboxylic acids is 1. The molecule has 0 radical (unpaired) electrons. The molecule has 2 N–H and O–H groups in total. The van der Waals surface area contributed by atoms with Crippen molar-refractivity contribution in [2.24, 2.45) is 7.05 Å². The first-order valence-corrected chi connectivity index (χ1v) is 6.26. The minimum absolute atomic E-state index is 0.0677. The molecule has 20 heavy (non-hydrogen) atoms. The van der Waals surface area contributed by atoms with Crippen LogP contribution in [-0.2, 0) is 12.5 Å². The summed E-state index contributed by atoms with van der Waals surface area (Å²) in [5.74, 6) is 0.871. The normalized spacial score (nSPS) is 11.2. The monoisotopic (exact) mass is 274 g/mol. The van der Waals surface area contributed by atoms with Crippen molar-refractivity contribution in [1.82, 2.24) is 20.0 Å². The number of hydrogen-bond donors (Lipinski definition) is 2. The molecule has 0 unspecified atom stereocenters. The Bertz CT molecular complexity index is 596. The van der Waals surface area contributed by atoms with Gasteiger partial charge in [-0.1, -0.05) is 20.8 Å². The fourth-order valence-corrected chi connectivity index (χ4v) is 1.54. The van der Waals surface area contributed by atoms with Gasteiger partial charge in [0, 0.05) is 24.7 Å². The molecule has 0 bridgehead atoms. The Labute approximate surface area is 117 Å². The van der Waals surface area contributed by atoms with E-state index in [1.807, 2.05) is 6.07 Å². The van der Waals surface area contributed by atoms with Crippen molar-refractivity contribution in [3.05, 3.63) is 30.1 Å². The van der Waals surface area contributed by atoms with E-state index in [2.05, 4.69) is 46.7 Å². The van der Waals surface area contributed by atoms with Crippen LogP contribution in [0, 0.1) is 0 Å². The van der Waals surface area contributed by atoms with E-state index >= 15 is 0 Å². The number of anilines is 2. The molecule has 0 spiro atoms. The van der Waals surface area contributed by atoms with Crippen LogP contribution in [-0.4, -0.2) is 26.0 Å². The Hall–Kier alpha value is -2.44. The SMILES string of the molecule is Cn1ccc(NC(=O)Nc2ccc(C(C)(C)C)nn2)n1. The number of nitrogens with one attached hydrogen (secondary N) is 2. The van der Waals surface area contributed by atoms with E-state index in [1.165, 1.54) is 0 Å². The minimum atomic E-state index is -0.401. The number of hydrogen-bond acceptors (Lipinski definition) is 4. The van der Waals surface area contributed by atoms with Crippen LogP contribution in [0.3, 0.4) is 0 Å². The number of amides is 2. The third-order valence-corrected chi connectivity index (χ3v) is 2.63. The van der Waals surface area contributed by atoms with Gasteiger partial charge in [-0.25, -0.2) is 4.79 Å². The highest BCUT2D eigenvalue weighted by molar-refractivity contribution is 5.98. The summed E-state index contributed by atoms with van der Waals surface area (Å²) in [6.45, 7) is 6.16. The number of aryl methyl sites for hydroxylation is 1. The van der Waals surface area contributed by atoms with Gasteiger partial charge in [0.1, 0.15) is 0 Å².